The first-order valence-corrected chi connectivity index (χ1v) is 12.2. The fraction of sp³-hybridized carbons (Fsp3) is 0.192. The van der Waals surface area contributed by atoms with Crippen LogP contribution in [0, 0.1) is 37.9 Å². The van der Waals surface area contributed by atoms with Gasteiger partial charge in [-0.05, 0) is 56.2 Å². The van der Waals surface area contributed by atoms with E-state index in [1.54, 1.807) is 16.6 Å². The number of hydrogen-bond acceptors (Lipinski definition) is 6. The minimum atomic E-state index is -0.318. The van der Waals surface area contributed by atoms with Gasteiger partial charge in [0, 0.05) is 17.6 Å². The molecule has 0 aliphatic heterocycles. The van der Waals surface area contributed by atoms with E-state index in [4.69, 9.17) is 0 Å². The molecule has 180 valence electrons. The van der Waals surface area contributed by atoms with E-state index >= 15 is 0 Å². The van der Waals surface area contributed by atoms with Gasteiger partial charge in [-0.2, -0.15) is 9.78 Å². The van der Waals surface area contributed by atoms with Crippen LogP contribution in [0.15, 0.2) is 53.7 Å². The van der Waals surface area contributed by atoms with Gasteiger partial charge in [-0.3, -0.25) is 4.79 Å². The number of rotatable bonds is 6. The summed E-state index contributed by atoms with van der Waals surface area (Å²) in [5.74, 6) is 0.498. The first kappa shape index (κ1) is 23.5. The number of hydrogen-bond donors (Lipinski definition) is 1. The summed E-state index contributed by atoms with van der Waals surface area (Å²) in [6.07, 6.45) is 0. The van der Waals surface area contributed by atoms with Crippen LogP contribution < -0.4 is 5.32 Å². The Morgan fingerprint density at radius 1 is 1.11 bits per heavy atom. The molecule has 5 aromatic rings. The summed E-state index contributed by atoms with van der Waals surface area (Å²) in [5, 5.41) is 18.6. The molecule has 0 saturated heterocycles. The highest BCUT2D eigenvalue weighted by molar-refractivity contribution is 7.99. The fourth-order valence-electron chi connectivity index (χ4n) is 4.13. The van der Waals surface area contributed by atoms with Crippen molar-refractivity contribution in [3.8, 4) is 6.07 Å². The van der Waals surface area contributed by atoms with Crippen LogP contribution >= 0.6 is 11.8 Å². The average Bonchev–Trinajstić information content (AvgIpc) is 3.37. The summed E-state index contributed by atoms with van der Waals surface area (Å²) < 4.78 is 16.9. The summed E-state index contributed by atoms with van der Waals surface area (Å²) in [6, 6.07) is 16.0. The van der Waals surface area contributed by atoms with Gasteiger partial charge in [-0.15, -0.1) is 5.10 Å². The summed E-state index contributed by atoms with van der Waals surface area (Å²) in [6.45, 7) is 5.95. The van der Waals surface area contributed by atoms with Crippen molar-refractivity contribution < 1.29 is 9.18 Å². The summed E-state index contributed by atoms with van der Waals surface area (Å²) in [5.41, 5.74) is 4.37. The molecular weight excluding hydrogens is 477 g/mol. The molecule has 36 heavy (non-hydrogen) atoms. The maximum atomic E-state index is 13.4. The Morgan fingerprint density at radius 3 is 2.61 bits per heavy atom. The van der Waals surface area contributed by atoms with Crippen LogP contribution in [-0.2, 0) is 11.3 Å². The molecule has 0 aliphatic carbocycles. The van der Waals surface area contributed by atoms with Crippen molar-refractivity contribution >= 4 is 40.0 Å². The quantitative estimate of drug-likeness (QED) is 0.266. The third-order valence-electron chi connectivity index (χ3n) is 6.04. The number of nitriles is 1. The van der Waals surface area contributed by atoms with Crippen LogP contribution in [0.3, 0.4) is 0 Å². The lowest BCUT2D eigenvalue weighted by Crippen LogP contribution is -2.19. The molecule has 0 unspecified atom stereocenters. The van der Waals surface area contributed by atoms with Gasteiger partial charge in [-0.25, -0.2) is 14.4 Å². The molecule has 0 radical (unpaired) electrons. The molecule has 0 atom stereocenters. The number of thioether (sulfide) groups is 1. The largest absolute Gasteiger partial charge is 0.326 e. The number of aromatic nitrogens is 5. The van der Waals surface area contributed by atoms with Crippen molar-refractivity contribution in [1.29, 1.82) is 5.26 Å². The predicted octanol–water partition coefficient (Wildman–Crippen LogP) is 4.79. The minimum Gasteiger partial charge on any atom is -0.326 e. The van der Waals surface area contributed by atoms with Gasteiger partial charge in [0.05, 0.1) is 16.8 Å². The molecule has 1 N–H and O–H groups in total. The van der Waals surface area contributed by atoms with E-state index in [2.05, 4.69) is 26.5 Å². The lowest BCUT2D eigenvalue weighted by atomic mass is 10.2. The molecule has 0 saturated carbocycles. The molecule has 8 nitrogen and oxygen atoms in total. The topological polar surface area (TPSA) is 101 Å². The molecule has 2 aromatic carbocycles. The zero-order valence-corrected chi connectivity index (χ0v) is 20.7. The Morgan fingerprint density at radius 2 is 1.86 bits per heavy atom. The van der Waals surface area contributed by atoms with Crippen LogP contribution in [0.2, 0.25) is 0 Å². The molecule has 0 aliphatic rings. The smallest absolute Gasteiger partial charge is 0.235 e. The summed E-state index contributed by atoms with van der Waals surface area (Å²) in [4.78, 5) is 22.3. The zero-order valence-electron chi connectivity index (χ0n) is 19.9. The SMILES string of the molecule is Cc1nc2c3ccccc3nc(SCC(=O)Nc3c(C#N)c(C)c(C)n3Cc3ccc(F)cc3)n2n1. The molecule has 0 fully saturated rings. The highest BCUT2D eigenvalue weighted by Gasteiger charge is 2.21. The highest BCUT2D eigenvalue weighted by Crippen LogP contribution is 2.28. The number of para-hydroxylation sites is 1. The van der Waals surface area contributed by atoms with E-state index in [9.17, 15) is 14.4 Å². The van der Waals surface area contributed by atoms with Crippen molar-refractivity contribution in [3.63, 3.8) is 0 Å². The van der Waals surface area contributed by atoms with Crippen LogP contribution in [0.4, 0.5) is 10.2 Å². The van der Waals surface area contributed by atoms with Crippen molar-refractivity contribution in [2.45, 2.75) is 32.5 Å². The maximum absolute atomic E-state index is 13.4. The summed E-state index contributed by atoms with van der Waals surface area (Å²) >= 11 is 1.24. The number of carbonyl (C=O) groups is 1. The van der Waals surface area contributed by atoms with E-state index in [0.717, 1.165) is 27.7 Å². The first-order chi connectivity index (χ1) is 17.4. The van der Waals surface area contributed by atoms with Gasteiger partial charge in [0.15, 0.2) is 10.8 Å². The Bertz CT molecular complexity index is 1660. The number of amides is 1. The predicted molar refractivity (Wildman–Crippen MR) is 137 cm³/mol. The van der Waals surface area contributed by atoms with E-state index in [0.29, 0.717) is 34.6 Å². The third-order valence-corrected chi connectivity index (χ3v) is 6.97. The second-order valence-electron chi connectivity index (χ2n) is 8.40. The average molecular weight is 500 g/mol. The maximum Gasteiger partial charge on any atom is 0.235 e. The van der Waals surface area contributed by atoms with Gasteiger partial charge in [0.25, 0.3) is 0 Å². The number of anilines is 1. The van der Waals surface area contributed by atoms with Crippen LogP contribution in [0.1, 0.15) is 28.2 Å². The lowest BCUT2D eigenvalue weighted by molar-refractivity contribution is -0.113. The number of carbonyl (C=O) groups excluding carboxylic acids is 1. The highest BCUT2D eigenvalue weighted by atomic mass is 32.2. The Hall–Kier alpha value is -4.23. The van der Waals surface area contributed by atoms with Gasteiger partial charge >= 0.3 is 0 Å². The van der Waals surface area contributed by atoms with Crippen molar-refractivity contribution in [1.82, 2.24) is 24.1 Å². The summed E-state index contributed by atoms with van der Waals surface area (Å²) in [7, 11) is 0. The second-order valence-corrected chi connectivity index (χ2v) is 9.34. The van der Waals surface area contributed by atoms with Gasteiger partial charge < -0.3 is 9.88 Å². The Labute approximate surface area is 210 Å². The molecule has 0 bridgehead atoms. The van der Waals surface area contributed by atoms with Gasteiger partial charge in [-0.1, -0.05) is 36.0 Å². The Kier molecular flexibility index (Phi) is 6.16. The standard InChI is InChI=1S/C26H22FN7OS/c1-15-16(2)33(13-18-8-10-19(27)11-9-18)24(21(15)12-28)31-23(35)14-36-26-30-22-7-5-4-6-20(22)25-29-17(3)32-34(25)26/h4-11H,13-14H2,1-3H3,(H,31,35). The zero-order chi connectivity index (χ0) is 25.4. The van der Waals surface area contributed by atoms with E-state index in [-0.39, 0.29) is 17.5 Å². The van der Waals surface area contributed by atoms with Crippen LogP contribution in [0.5, 0.6) is 0 Å². The first-order valence-electron chi connectivity index (χ1n) is 11.2. The monoisotopic (exact) mass is 499 g/mol. The number of fused-ring (bicyclic) bond motifs is 3. The van der Waals surface area contributed by atoms with Crippen LogP contribution in [-0.4, -0.2) is 35.8 Å². The van der Waals surface area contributed by atoms with Crippen LogP contribution in [0.25, 0.3) is 16.6 Å². The van der Waals surface area contributed by atoms with Gasteiger partial charge in [0.2, 0.25) is 5.91 Å². The molecule has 10 heteroatoms. The lowest BCUT2D eigenvalue weighted by Gasteiger charge is -2.13. The number of halogens is 1. The number of aryl methyl sites for hydroxylation is 1. The number of benzene rings is 2. The van der Waals surface area contributed by atoms with Gasteiger partial charge in [0.1, 0.15) is 23.5 Å². The molecule has 0 spiro atoms. The number of nitrogens with one attached hydrogen (secondary N) is 1. The molecule has 3 heterocycles. The van der Waals surface area contributed by atoms with Crippen molar-refractivity contribution in [2.75, 3.05) is 11.1 Å². The van der Waals surface area contributed by atoms with Crippen molar-refractivity contribution in [3.05, 3.63) is 82.6 Å². The molecule has 5 rings (SSSR count). The fourth-order valence-corrected chi connectivity index (χ4v) is 4.87. The second kappa shape index (κ2) is 9.43. The molecule has 3 aromatic heterocycles. The normalized spacial score (nSPS) is 11.2. The molecule has 1 amide bonds. The van der Waals surface area contributed by atoms with E-state index in [1.165, 1.54) is 23.9 Å². The number of nitrogens with zero attached hydrogens (tertiary/aromatic N) is 6. The molecular formula is C26H22FN7OS. The van der Waals surface area contributed by atoms with E-state index < -0.39 is 0 Å². The third kappa shape index (κ3) is 4.29. The minimum absolute atomic E-state index is 0.0596. The van der Waals surface area contributed by atoms with E-state index in [1.807, 2.05) is 49.6 Å². The van der Waals surface area contributed by atoms with Crippen molar-refractivity contribution in [2.24, 2.45) is 0 Å². The Balaban J connectivity index is 1.41.